The van der Waals surface area contributed by atoms with Crippen LogP contribution in [0.5, 0.6) is 0 Å². The number of benzene rings is 1. The first-order valence-electron chi connectivity index (χ1n) is 6.67. The number of aliphatic hydroxyl groups excluding tert-OH is 1. The van der Waals surface area contributed by atoms with Crippen molar-refractivity contribution in [1.82, 2.24) is 9.38 Å². The number of nitroso groups, excluding NO2 is 1. The molecule has 0 unspecified atom stereocenters. The fraction of sp³-hybridized carbons (Fsp3) is 0.188. The van der Waals surface area contributed by atoms with Crippen molar-refractivity contribution in [2.24, 2.45) is 5.18 Å². The molecule has 1 aromatic carbocycles. The molecule has 5 heteroatoms. The summed E-state index contributed by atoms with van der Waals surface area (Å²) in [5.74, 6) is 0.279. The molecule has 0 radical (unpaired) electrons. The van der Waals surface area contributed by atoms with Crippen molar-refractivity contribution in [3.05, 3.63) is 58.1 Å². The number of aromatic nitrogens is 2. The summed E-state index contributed by atoms with van der Waals surface area (Å²) in [7, 11) is 0. The van der Waals surface area contributed by atoms with Crippen LogP contribution < -0.4 is 0 Å². The normalized spacial score (nSPS) is 11.0. The Morgan fingerprint density at radius 3 is 2.71 bits per heavy atom. The Bertz CT molecular complexity index is 837. The Morgan fingerprint density at radius 1 is 1.24 bits per heavy atom. The van der Waals surface area contributed by atoms with Crippen molar-refractivity contribution in [3.8, 4) is 11.3 Å². The lowest BCUT2D eigenvalue weighted by atomic mass is 10.0. The molecule has 0 saturated carbocycles. The summed E-state index contributed by atoms with van der Waals surface area (Å²) >= 11 is 0. The Hall–Kier alpha value is -2.53. The van der Waals surface area contributed by atoms with Gasteiger partial charge in [-0.05, 0) is 42.3 Å². The first kappa shape index (κ1) is 13.5. The molecule has 106 valence electrons. The minimum atomic E-state index is -0.0634. The van der Waals surface area contributed by atoms with Gasteiger partial charge in [-0.15, -0.1) is 4.91 Å². The summed E-state index contributed by atoms with van der Waals surface area (Å²) < 4.78 is 1.64. The van der Waals surface area contributed by atoms with Crippen LogP contribution >= 0.6 is 0 Å². The molecule has 0 amide bonds. The Labute approximate surface area is 121 Å². The Kier molecular flexibility index (Phi) is 3.27. The monoisotopic (exact) mass is 281 g/mol. The van der Waals surface area contributed by atoms with Crippen LogP contribution in [-0.4, -0.2) is 14.5 Å². The summed E-state index contributed by atoms with van der Waals surface area (Å²) in [6, 6.07) is 9.48. The van der Waals surface area contributed by atoms with Crippen LogP contribution in [0.1, 0.15) is 16.7 Å². The Morgan fingerprint density at radius 2 is 2.05 bits per heavy atom. The van der Waals surface area contributed by atoms with E-state index in [1.165, 1.54) is 0 Å². The van der Waals surface area contributed by atoms with E-state index >= 15 is 0 Å². The number of aryl methyl sites for hydroxylation is 2. The fourth-order valence-corrected chi connectivity index (χ4v) is 2.52. The van der Waals surface area contributed by atoms with Gasteiger partial charge in [0.15, 0.2) is 0 Å². The molecule has 0 aliphatic heterocycles. The van der Waals surface area contributed by atoms with Crippen LogP contribution in [0.2, 0.25) is 0 Å². The Balaban J connectivity index is 2.28. The summed E-state index contributed by atoms with van der Waals surface area (Å²) in [5, 5.41) is 12.3. The summed E-state index contributed by atoms with van der Waals surface area (Å²) in [6.45, 7) is 3.94. The lowest BCUT2D eigenvalue weighted by Crippen LogP contribution is -1.88. The van der Waals surface area contributed by atoms with Crippen molar-refractivity contribution in [3.63, 3.8) is 0 Å². The highest BCUT2D eigenvalue weighted by molar-refractivity contribution is 5.77. The third-order valence-electron chi connectivity index (χ3n) is 3.57. The minimum absolute atomic E-state index is 0.0634. The second kappa shape index (κ2) is 5.10. The summed E-state index contributed by atoms with van der Waals surface area (Å²) in [6.07, 6.45) is 1.71. The molecule has 5 nitrogen and oxygen atoms in total. The number of aliphatic hydroxyl groups is 1. The van der Waals surface area contributed by atoms with Crippen molar-refractivity contribution in [2.75, 3.05) is 0 Å². The zero-order valence-electron chi connectivity index (χ0n) is 11.9. The van der Waals surface area contributed by atoms with Gasteiger partial charge < -0.3 is 5.11 Å². The molecule has 1 N–H and O–H groups in total. The molecule has 2 heterocycles. The predicted octanol–water partition coefficient (Wildman–Crippen LogP) is 3.51. The van der Waals surface area contributed by atoms with Gasteiger partial charge in [-0.3, -0.25) is 4.40 Å². The average Bonchev–Trinajstić information content (AvgIpc) is 2.84. The van der Waals surface area contributed by atoms with Crippen LogP contribution in [0.25, 0.3) is 16.9 Å². The molecule has 0 aliphatic carbocycles. The maximum atomic E-state index is 11.2. The molecule has 0 spiro atoms. The second-order valence-corrected chi connectivity index (χ2v) is 5.11. The van der Waals surface area contributed by atoms with E-state index in [2.05, 4.69) is 10.2 Å². The van der Waals surface area contributed by atoms with Crippen molar-refractivity contribution in [2.45, 2.75) is 20.5 Å². The number of imidazole rings is 1. The van der Waals surface area contributed by atoms with Crippen LogP contribution in [-0.2, 0) is 6.61 Å². The highest BCUT2D eigenvalue weighted by Gasteiger charge is 2.16. The van der Waals surface area contributed by atoms with Gasteiger partial charge in [0.1, 0.15) is 11.3 Å². The molecular formula is C16H15N3O2. The highest BCUT2D eigenvalue weighted by Crippen LogP contribution is 2.33. The molecular weight excluding hydrogens is 266 g/mol. The van der Waals surface area contributed by atoms with Gasteiger partial charge in [-0.2, -0.15) is 0 Å². The van der Waals surface area contributed by atoms with E-state index < -0.39 is 0 Å². The number of hydrogen-bond acceptors (Lipinski definition) is 4. The van der Waals surface area contributed by atoms with Crippen LogP contribution in [0.4, 0.5) is 5.82 Å². The van der Waals surface area contributed by atoms with Gasteiger partial charge in [-0.1, -0.05) is 23.8 Å². The predicted molar refractivity (Wildman–Crippen MR) is 81.5 cm³/mol. The number of pyridine rings is 1. The molecule has 3 rings (SSSR count). The number of nitrogens with zero attached hydrogens (tertiary/aromatic N) is 3. The van der Waals surface area contributed by atoms with Crippen LogP contribution in [0, 0.1) is 18.8 Å². The quantitative estimate of drug-likeness (QED) is 0.747. The lowest BCUT2D eigenvalue weighted by Gasteiger charge is -2.04. The zero-order chi connectivity index (χ0) is 15.0. The number of rotatable bonds is 3. The van der Waals surface area contributed by atoms with E-state index in [-0.39, 0.29) is 12.4 Å². The van der Waals surface area contributed by atoms with Crippen molar-refractivity contribution >= 4 is 11.5 Å². The molecule has 0 aliphatic rings. The van der Waals surface area contributed by atoms with E-state index in [1.807, 2.05) is 32.0 Å². The van der Waals surface area contributed by atoms with E-state index in [4.69, 9.17) is 0 Å². The molecule has 2 aromatic heterocycles. The van der Waals surface area contributed by atoms with Crippen molar-refractivity contribution < 1.29 is 5.11 Å². The van der Waals surface area contributed by atoms with E-state index in [1.54, 1.807) is 22.7 Å². The molecule has 21 heavy (non-hydrogen) atoms. The largest absolute Gasteiger partial charge is 0.392 e. The first-order valence-corrected chi connectivity index (χ1v) is 6.67. The zero-order valence-corrected chi connectivity index (χ0v) is 11.9. The smallest absolute Gasteiger partial charge is 0.209 e. The van der Waals surface area contributed by atoms with Crippen molar-refractivity contribution in [1.29, 1.82) is 0 Å². The third kappa shape index (κ3) is 2.21. The molecule has 0 fully saturated rings. The van der Waals surface area contributed by atoms with E-state index in [9.17, 15) is 10.0 Å². The molecule has 0 bridgehead atoms. The van der Waals surface area contributed by atoms with Gasteiger partial charge in [0.05, 0.1) is 6.61 Å². The second-order valence-electron chi connectivity index (χ2n) is 5.11. The number of fused-ring (bicyclic) bond motifs is 1. The van der Waals surface area contributed by atoms with Gasteiger partial charge >= 0.3 is 0 Å². The number of hydrogen-bond donors (Lipinski definition) is 1. The highest BCUT2D eigenvalue weighted by atomic mass is 16.3. The van der Waals surface area contributed by atoms with Crippen LogP contribution in [0.15, 0.2) is 41.7 Å². The first-order chi connectivity index (χ1) is 10.1. The molecule has 0 saturated heterocycles. The molecule has 0 atom stereocenters. The summed E-state index contributed by atoms with van der Waals surface area (Å²) in [5.41, 5.74) is 5.01. The topological polar surface area (TPSA) is 67.0 Å². The van der Waals surface area contributed by atoms with Gasteiger partial charge in [0.25, 0.3) is 0 Å². The van der Waals surface area contributed by atoms with Gasteiger partial charge in [0.2, 0.25) is 5.82 Å². The average molecular weight is 281 g/mol. The molecule has 3 aromatic rings. The van der Waals surface area contributed by atoms with E-state index in [0.717, 1.165) is 22.3 Å². The standard InChI is InChI=1S/C16H15N3O2/c1-10-3-4-13(11(2)7-10)15-16(18-21)19-6-5-12(9-20)8-14(19)17-15/h3-8,20H,9H2,1-2H3. The lowest BCUT2D eigenvalue weighted by molar-refractivity contribution is 0.282. The summed E-state index contributed by atoms with van der Waals surface area (Å²) in [4.78, 5) is 15.8. The third-order valence-corrected chi connectivity index (χ3v) is 3.57. The fourth-order valence-electron chi connectivity index (χ4n) is 2.52. The van der Waals surface area contributed by atoms with Gasteiger partial charge in [-0.25, -0.2) is 4.98 Å². The SMILES string of the molecule is Cc1ccc(-c2nc3cc(CO)ccn3c2N=O)c(C)c1. The van der Waals surface area contributed by atoms with Crippen LogP contribution in [0.3, 0.4) is 0 Å². The van der Waals surface area contributed by atoms with E-state index in [0.29, 0.717) is 11.3 Å². The maximum Gasteiger partial charge on any atom is 0.209 e. The minimum Gasteiger partial charge on any atom is -0.392 e. The maximum absolute atomic E-state index is 11.2. The van der Waals surface area contributed by atoms with Gasteiger partial charge in [0, 0.05) is 11.8 Å².